The highest BCUT2D eigenvalue weighted by molar-refractivity contribution is 14.0. The Morgan fingerprint density at radius 2 is 1.63 bits per heavy atom. The number of carbonyl (C=O) groups excluding carboxylic acids is 2. The number of carbonyl (C=O) groups is 2. The van der Waals surface area contributed by atoms with E-state index >= 15 is 0 Å². The number of hydrogen-bond acceptors (Lipinski definition) is 3. The number of nitrogens with one attached hydrogen (secondary N) is 3. The second-order valence-electron chi connectivity index (χ2n) is 6.68. The molecule has 0 unspecified atom stereocenters. The van der Waals surface area contributed by atoms with Gasteiger partial charge in [0.15, 0.2) is 5.96 Å². The number of benzene rings is 2. The Balaban J connectivity index is 0.00000320. The van der Waals surface area contributed by atoms with Crippen LogP contribution in [0.25, 0.3) is 0 Å². The number of rotatable bonds is 5. The van der Waals surface area contributed by atoms with Gasteiger partial charge >= 0.3 is 0 Å². The van der Waals surface area contributed by atoms with Crippen molar-refractivity contribution in [1.29, 1.82) is 0 Å². The molecule has 2 aromatic carbocycles. The monoisotopic (exact) mass is 525 g/mol. The molecule has 1 aliphatic heterocycles. The molecule has 0 atom stereocenters. The van der Waals surface area contributed by atoms with E-state index < -0.39 is 0 Å². The minimum atomic E-state index is -0.262. The van der Waals surface area contributed by atoms with Crippen LogP contribution in [0.4, 0.5) is 4.39 Å². The van der Waals surface area contributed by atoms with Gasteiger partial charge in [-0.3, -0.25) is 14.6 Å². The van der Waals surface area contributed by atoms with Gasteiger partial charge in [-0.05, 0) is 35.4 Å². The van der Waals surface area contributed by atoms with Crippen LogP contribution in [0.15, 0.2) is 53.5 Å². The normalized spacial score (nSPS) is 13.9. The van der Waals surface area contributed by atoms with Gasteiger partial charge in [-0.1, -0.05) is 24.3 Å². The predicted octanol–water partition coefficient (Wildman–Crippen LogP) is 1.88. The van der Waals surface area contributed by atoms with Crippen LogP contribution in [-0.4, -0.2) is 49.4 Å². The molecule has 160 valence electrons. The van der Waals surface area contributed by atoms with E-state index in [9.17, 15) is 14.0 Å². The van der Waals surface area contributed by atoms with Crippen molar-refractivity contribution < 1.29 is 14.0 Å². The Kier molecular flexibility index (Phi) is 9.03. The van der Waals surface area contributed by atoms with Crippen LogP contribution in [-0.2, 0) is 17.9 Å². The molecular weight excluding hydrogens is 500 g/mol. The van der Waals surface area contributed by atoms with Crippen molar-refractivity contribution >= 4 is 41.8 Å². The molecule has 3 N–H and O–H groups in total. The number of piperazine rings is 1. The van der Waals surface area contributed by atoms with Gasteiger partial charge in [0.1, 0.15) is 5.82 Å². The van der Waals surface area contributed by atoms with Gasteiger partial charge in [0.2, 0.25) is 5.91 Å². The number of halogens is 2. The van der Waals surface area contributed by atoms with Crippen LogP contribution >= 0.6 is 24.0 Å². The van der Waals surface area contributed by atoms with Crippen LogP contribution in [0.1, 0.15) is 21.5 Å². The van der Waals surface area contributed by atoms with Crippen molar-refractivity contribution in [3.05, 3.63) is 71.0 Å². The third-order valence-electron chi connectivity index (χ3n) is 4.58. The lowest BCUT2D eigenvalue weighted by molar-refractivity contribution is -0.123. The van der Waals surface area contributed by atoms with Crippen LogP contribution < -0.4 is 16.0 Å². The summed E-state index contributed by atoms with van der Waals surface area (Å²) in [4.78, 5) is 29.7. The lowest BCUT2D eigenvalue weighted by atomic mass is 10.1. The van der Waals surface area contributed by atoms with Crippen molar-refractivity contribution in [1.82, 2.24) is 20.9 Å². The topological polar surface area (TPSA) is 85.8 Å². The zero-order valence-corrected chi connectivity index (χ0v) is 19.0. The van der Waals surface area contributed by atoms with Gasteiger partial charge in [0, 0.05) is 38.8 Å². The first-order valence-electron chi connectivity index (χ1n) is 9.39. The highest BCUT2D eigenvalue weighted by Crippen LogP contribution is 2.09. The molecule has 1 aliphatic rings. The highest BCUT2D eigenvalue weighted by Gasteiger charge is 2.22. The van der Waals surface area contributed by atoms with Gasteiger partial charge in [0.25, 0.3) is 5.91 Å². The minimum absolute atomic E-state index is 0. The standard InChI is InChI=1S/C21H24FN5O2.HI/c1-23-21(26-13-16-4-8-18(22)9-5-16)25-12-15-2-6-17(7-3-15)20(29)27-11-10-24-19(28)14-27;/h2-9H,10-14H2,1H3,(H,24,28)(H2,23,25,26);1H. The summed E-state index contributed by atoms with van der Waals surface area (Å²) in [6.07, 6.45) is 0. The van der Waals surface area contributed by atoms with Gasteiger partial charge in [-0.15, -0.1) is 24.0 Å². The van der Waals surface area contributed by atoms with Crippen molar-refractivity contribution in [3.8, 4) is 0 Å². The largest absolute Gasteiger partial charge is 0.353 e. The fourth-order valence-corrected chi connectivity index (χ4v) is 2.95. The Labute approximate surface area is 192 Å². The van der Waals surface area contributed by atoms with Gasteiger partial charge in [-0.2, -0.15) is 0 Å². The summed E-state index contributed by atoms with van der Waals surface area (Å²) >= 11 is 0. The van der Waals surface area contributed by atoms with E-state index in [2.05, 4.69) is 20.9 Å². The Bertz CT molecular complexity index is 887. The summed E-state index contributed by atoms with van der Waals surface area (Å²) in [7, 11) is 1.68. The van der Waals surface area contributed by atoms with E-state index in [0.717, 1.165) is 11.1 Å². The molecule has 1 fully saturated rings. The molecule has 0 radical (unpaired) electrons. The summed E-state index contributed by atoms with van der Waals surface area (Å²) in [6, 6.07) is 13.6. The van der Waals surface area contributed by atoms with Crippen molar-refractivity contribution in [2.24, 2.45) is 4.99 Å². The smallest absolute Gasteiger partial charge is 0.254 e. The third-order valence-corrected chi connectivity index (χ3v) is 4.58. The Hall–Kier alpha value is -2.69. The Morgan fingerprint density at radius 3 is 2.17 bits per heavy atom. The summed E-state index contributed by atoms with van der Waals surface area (Å²) in [5.74, 6) is 0.0802. The quantitative estimate of drug-likeness (QED) is 0.316. The molecule has 0 aliphatic carbocycles. The molecule has 30 heavy (non-hydrogen) atoms. The van der Waals surface area contributed by atoms with Crippen LogP contribution in [0, 0.1) is 5.82 Å². The van der Waals surface area contributed by atoms with E-state index in [1.807, 2.05) is 12.1 Å². The summed E-state index contributed by atoms with van der Waals surface area (Å²) in [6.45, 7) is 2.15. The second-order valence-corrected chi connectivity index (χ2v) is 6.68. The number of amides is 2. The van der Waals surface area contributed by atoms with E-state index in [4.69, 9.17) is 0 Å². The van der Waals surface area contributed by atoms with E-state index in [1.165, 1.54) is 12.1 Å². The second kappa shape index (κ2) is 11.5. The maximum Gasteiger partial charge on any atom is 0.254 e. The first-order valence-corrected chi connectivity index (χ1v) is 9.39. The first-order chi connectivity index (χ1) is 14.0. The van der Waals surface area contributed by atoms with Crippen LogP contribution in [0.2, 0.25) is 0 Å². The molecule has 1 saturated heterocycles. The zero-order chi connectivity index (χ0) is 20.6. The first kappa shape index (κ1) is 23.6. The molecule has 2 aromatic rings. The predicted molar refractivity (Wildman–Crippen MR) is 124 cm³/mol. The summed E-state index contributed by atoms with van der Waals surface area (Å²) in [5, 5.41) is 9.08. The van der Waals surface area contributed by atoms with E-state index in [1.54, 1.807) is 36.2 Å². The van der Waals surface area contributed by atoms with Gasteiger partial charge in [-0.25, -0.2) is 4.39 Å². The van der Waals surface area contributed by atoms with Gasteiger partial charge < -0.3 is 20.9 Å². The average molecular weight is 525 g/mol. The Morgan fingerprint density at radius 1 is 1.07 bits per heavy atom. The lowest BCUT2D eigenvalue weighted by Gasteiger charge is -2.26. The molecule has 0 aromatic heterocycles. The van der Waals surface area contributed by atoms with Crippen molar-refractivity contribution in [2.75, 3.05) is 26.7 Å². The van der Waals surface area contributed by atoms with E-state index in [-0.39, 0.29) is 48.2 Å². The molecule has 0 saturated carbocycles. The fraction of sp³-hybridized carbons (Fsp3) is 0.286. The number of hydrogen-bond donors (Lipinski definition) is 3. The molecule has 3 rings (SSSR count). The number of nitrogens with zero attached hydrogens (tertiary/aromatic N) is 2. The van der Waals surface area contributed by atoms with Crippen molar-refractivity contribution in [3.63, 3.8) is 0 Å². The zero-order valence-electron chi connectivity index (χ0n) is 16.7. The molecule has 0 bridgehead atoms. The van der Waals surface area contributed by atoms with Crippen molar-refractivity contribution in [2.45, 2.75) is 13.1 Å². The average Bonchev–Trinajstić information content (AvgIpc) is 2.75. The summed E-state index contributed by atoms with van der Waals surface area (Å²) in [5.41, 5.74) is 2.49. The summed E-state index contributed by atoms with van der Waals surface area (Å²) < 4.78 is 13.0. The maximum absolute atomic E-state index is 13.0. The molecule has 7 nitrogen and oxygen atoms in total. The molecule has 0 spiro atoms. The van der Waals surface area contributed by atoms with Crippen LogP contribution in [0.3, 0.4) is 0 Å². The highest BCUT2D eigenvalue weighted by atomic mass is 127. The fourth-order valence-electron chi connectivity index (χ4n) is 2.95. The molecule has 9 heteroatoms. The van der Waals surface area contributed by atoms with E-state index in [0.29, 0.717) is 37.7 Å². The molecule has 2 amide bonds. The SMILES string of the molecule is CN=C(NCc1ccc(F)cc1)NCc1ccc(C(=O)N2CCNC(=O)C2)cc1.I. The number of aliphatic imine (C=N–C) groups is 1. The maximum atomic E-state index is 13.0. The minimum Gasteiger partial charge on any atom is -0.353 e. The lowest BCUT2D eigenvalue weighted by Crippen LogP contribution is -2.49. The molecule has 1 heterocycles. The van der Waals surface area contributed by atoms with Gasteiger partial charge in [0.05, 0.1) is 6.54 Å². The molecular formula is C21H25FIN5O2. The number of guanidine groups is 1. The van der Waals surface area contributed by atoms with Crippen LogP contribution in [0.5, 0.6) is 0 Å². The third kappa shape index (κ3) is 6.68.